The van der Waals surface area contributed by atoms with Crippen molar-refractivity contribution in [3.05, 3.63) is 62.7 Å². The Kier molecular flexibility index (Phi) is 3.36. The van der Waals surface area contributed by atoms with E-state index >= 15 is 0 Å². The van der Waals surface area contributed by atoms with Gasteiger partial charge in [-0.15, -0.1) is 11.3 Å². The minimum Gasteiger partial charge on any atom is -0.266 e. The van der Waals surface area contributed by atoms with Gasteiger partial charge in [-0.2, -0.15) is 0 Å². The van der Waals surface area contributed by atoms with Crippen LogP contribution in [0.1, 0.15) is 16.0 Å². The van der Waals surface area contributed by atoms with Crippen LogP contribution >= 0.6 is 23.1 Å². The second-order valence-electron chi connectivity index (χ2n) is 4.17. The first kappa shape index (κ1) is 12.4. The zero-order valence-corrected chi connectivity index (χ0v) is 11.9. The average molecular weight is 285 g/mol. The fourth-order valence-corrected chi connectivity index (χ4v) is 3.60. The molecule has 2 aromatic rings. The molecule has 0 spiro atoms. The maximum atomic E-state index is 11.9. The lowest BCUT2D eigenvalue weighted by atomic mass is 10.2. The zero-order chi connectivity index (χ0) is 13.2. The van der Waals surface area contributed by atoms with Crippen LogP contribution in [-0.4, -0.2) is 11.0 Å². The second kappa shape index (κ2) is 5.15. The predicted molar refractivity (Wildman–Crippen MR) is 82.6 cm³/mol. The van der Waals surface area contributed by atoms with E-state index < -0.39 is 0 Å². The number of aryl methyl sites for hydroxylation is 1. The summed E-state index contributed by atoms with van der Waals surface area (Å²) in [7, 11) is 0. The van der Waals surface area contributed by atoms with Gasteiger partial charge in [-0.1, -0.05) is 42.1 Å². The molecular weight excluding hydrogens is 274 g/mol. The lowest BCUT2D eigenvalue weighted by Gasteiger charge is -1.98. The maximum Gasteiger partial charge on any atom is 0.284 e. The normalized spacial score (nSPS) is 17.0. The molecule has 0 bridgehead atoms. The number of hydrogen-bond donors (Lipinski definition) is 0. The minimum absolute atomic E-state index is 0.142. The van der Waals surface area contributed by atoms with Gasteiger partial charge < -0.3 is 0 Å². The van der Waals surface area contributed by atoms with Gasteiger partial charge in [-0.3, -0.25) is 4.79 Å². The monoisotopic (exact) mass is 285 g/mol. The highest BCUT2D eigenvalue weighted by Crippen LogP contribution is 2.33. The average Bonchev–Trinajstić information content (AvgIpc) is 2.99. The molecule has 0 saturated heterocycles. The van der Waals surface area contributed by atoms with Gasteiger partial charge in [0.15, 0.2) is 0 Å². The Morgan fingerprint density at radius 1 is 1.16 bits per heavy atom. The number of rotatable bonds is 2. The van der Waals surface area contributed by atoms with E-state index in [2.05, 4.69) is 11.1 Å². The van der Waals surface area contributed by atoms with Crippen LogP contribution in [0.15, 0.2) is 51.7 Å². The van der Waals surface area contributed by atoms with E-state index in [0.717, 1.165) is 15.5 Å². The number of thiophene rings is 1. The van der Waals surface area contributed by atoms with Crippen molar-refractivity contribution >= 4 is 40.1 Å². The van der Waals surface area contributed by atoms with Crippen LogP contribution in [0.2, 0.25) is 0 Å². The Morgan fingerprint density at radius 3 is 2.63 bits per heavy atom. The summed E-state index contributed by atoms with van der Waals surface area (Å²) in [6, 6.07) is 11.9. The van der Waals surface area contributed by atoms with Crippen molar-refractivity contribution in [2.75, 3.05) is 0 Å². The molecule has 1 aliphatic heterocycles. The van der Waals surface area contributed by atoms with E-state index in [1.165, 1.54) is 17.3 Å². The molecule has 0 fully saturated rings. The molecule has 19 heavy (non-hydrogen) atoms. The van der Waals surface area contributed by atoms with E-state index in [9.17, 15) is 4.79 Å². The van der Waals surface area contributed by atoms with E-state index in [-0.39, 0.29) is 5.91 Å². The number of benzene rings is 1. The van der Waals surface area contributed by atoms with Gasteiger partial charge in [0.25, 0.3) is 5.91 Å². The lowest BCUT2D eigenvalue weighted by molar-refractivity contribution is -0.113. The fourth-order valence-electron chi connectivity index (χ4n) is 1.76. The Morgan fingerprint density at radius 2 is 1.95 bits per heavy atom. The summed E-state index contributed by atoms with van der Waals surface area (Å²) in [6.07, 6.45) is 1.94. The van der Waals surface area contributed by atoms with Gasteiger partial charge in [-0.25, -0.2) is 4.99 Å². The largest absolute Gasteiger partial charge is 0.284 e. The van der Waals surface area contributed by atoms with Crippen molar-refractivity contribution < 1.29 is 4.79 Å². The Labute approximate surface area is 119 Å². The van der Waals surface area contributed by atoms with Gasteiger partial charge in [-0.05, 0) is 30.0 Å². The molecule has 0 radical (unpaired) electrons. The number of nitrogens with zero attached hydrogens (tertiary/aromatic N) is 1. The van der Waals surface area contributed by atoms with Crippen molar-refractivity contribution in [1.29, 1.82) is 0 Å². The third kappa shape index (κ3) is 2.55. The number of amides is 1. The topological polar surface area (TPSA) is 29.4 Å². The predicted octanol–water partition coefficient (Wildman–Crippen LogP) is 4.12. The summed E-state index contributed by atoms with van der Waals surface area (Å²) in [5.74, 6) is -0.142. The highest BCUT2D eigenvalue weighted by molar-refractivity contribution is 8.19. The molecule has 2 nitrogen and oxygen atoms in total. The molecule has 0 aliphatic carbocycles. The first-order valence-corrected chi connectivity index (χ1v) is 7.56. The van der Waals surface area contributed by atoms with Crippen LogP contribution in [-0.2, 0) is 4.79 Å². The van der Waals surface area contributed by atoms with Gasteiger partial charge >= 0.3 is 0 Å². The fraction of sp³-hybridized carbons (Fsp3) is 0.0667. The van der Waals surface area contributed by atoms with Crippen LogP contribution < -0.4 is 0 Å². The van der Waals surface area contributed by atoms with Crippen LogP contribution in [0.4, 0.5) is 0 Å². The first-order valence-electron chi connectivity index (χ1n) is 5.86. The Bertz CT molecular complexity index is 683. The molecule has 0 atom stereocenters. The van der Waals surface area contributed by atoms with Gasteiger partial charge in [0.1, 0.15) is 5.04 Å². The number of thioether (sulfide) groups is 1. The summed E-state index contributed by atoms with van der Waals surface area (Å²) in [5, 5.41) is 2.82. The van der Waals surface area contributed by atoms with Crippen molar-refractivity contribution in [2.24, 2.45) is 4.99 Å². The van der Waals surface area contributed by atoms with Crippen molar-refractivity contribution in [2.45, 2.75) is 6.92 Å². The molecule has 0 unspecified atom stereocenters. The molecule has 3 rings (SSSR count). The lowest BCUT2D eigenvalue weighted by Crippen LogP contribution is -1.89. The third-order valence-corrected chi connectivity index (χ3v) is 4.80. The molecule has 0 saturated carbocycles. The third-order valence-electron chi connectivity index (χ3n) is 2.81. The van der Waals surface area contributed by atoms with Crippen molar-refractivity contribution in [3.63, 3.8) is 0 Å². The summed E-state index contributed by atoms with van der Waals surface area (Å²) in [4.78, 5) is 17.9. The minimum atomic E-state index is -0.142. The summed E-state index contributed by atoms with van der Waals surface area (Å²) >= 11 is 3.09. The number of hydrogen-bond acceptors (Lipinski definition) is 3. The summed E-state index contributed by atoms with van der Waals surface area (Å²) < 4.78 is 0. The Hall–Kier alpha value is -1.65. The molecule has 0 N–H and O–H groups in total. The smallest absolute Gasteiger partial charge is 0.266 e. The second-order valence-corrected chi connectivity index (χ2v) is 6.14. The van der Waals surface area contributed by atoms with E-state index in [1.54, 1.807) is 11.3 Å². The number of aliphatic imine (C=N–C) groups is 1. The van der Waals surface area contributed by atoms with Crippen LogP contribution in [0.25, 0.3) is 6.08 Å². The van der Waals surface area contributed by atoms with Crippen LogP contribution in [0.3, 0.4) is 0 Å². The standard InChI is InChI=1S/C15H11NOS2/c1-10-7-8-18-12(10)9-13-14(17)16-15(19-13)11-5-3-2-4-6-11/h2-9H,1H3. The van der Waals surface area contributed by atoms with Gasteiger partial charge in [0.05, 0.1) is 4.91 Å². The van der Waals surface area contributed by atoms with E-state index in [4.69, 9.17) is 0 Å². The zero-order valence-electron chi connectivity index (χ0n) is 10.3. The van der Waals surface area contributed by atoms with Crippen LogP contribution in [0.5, 0.6) is 0 Å². The molecule has 1 aromatic heterocycles. The first-order chi connectivity index (χ1) is 9.24. The van der Waals surface area contributed by atoms with Crippen LogP contribution in [0, 0.1) is 6.92 Å². The molecular formula is C15H11NOS2. The number of carbonyl (C=O) groups excluding carboxylic acids is 1. The Balaban J connectivity index is 1.89. The van der Waals surface area contributed by atoms with Gasteiger partial charge in [0, 0.05) is 10.4 Å². The van der Waals surface area contributed by atoms with Crippen molar-refractivity contribution in [1.82, 2.24) is 0 Å². The van der Waals surface area contributed by atoms with Gasteiger partial charge in [0.2, 0.25) is 0 Å². The SMILES string of the molecule is Cc1ccsc1C=C1SC(c2ccccc2)=NC1=O. The highest BCUT2D eigenvalue weighted by atomic mass is 32.2. The molecule has 1 aliphatic rings. The summed E-state index contributed by atoms with van der Waals surface area (Å²) in [6.45, 7) is 2.05. The molecule has 94 valence electrons. The quantitative estimate of drug-likeness (QED) is 0.777. The molecule has 1 aromatic carbocycles. The molecule has 2 heterocycles. The summed E-state index contributed by atoms with van der Waals surface area (Å²) in [5.41, 5.74) is 2.19. The molecule has 4 heteroatoms. The van der Waals surface area contributed by atoms with E-state index in [0.29, 0.717) is 4.91 Å². The van der Waals surface area contributed by atoms with Crippen molar-refractivity contribution in [3.8, 4) is 0 Å². The highest BCUT2D eigenvalue weighted by Gasteiger charge is 2.22. The molecule has 1 amide bonds. The van der Waals surface area contributed by atoms with E-state index in [1.807, 2.05) is 48.7 Å². The maximum absolute atomic E-state index is 11.9. The number of carbonyl (C=O) groups is 1.